The molecule has 2 heterocycles. The lowest BCUT2D eigenvalue weighted by molar-refractivity contribution is -0.136. The number of aryl methyl sites for hydroxylation is 1. The first-order valence-electron chi connectivity index (χ1n) is 6.92. The van der Waals surface area contributed by atoms with E-state index in [1.165, 1.54) is 4.90 Å². The van der Waals surface area contributed by atoms with Crippen LogP contribution in [0.1, 0.15) is 30.1 Å². The summed E-state index contributed by atoms with van der Waals surface area (Å²) in [5, 5.41) is 2.26. The molecule has 0 saturated carbocycles. The summed E-state index contributed by atoms with van der Waals surface area (Å²) in [5.74, 6) is -0.716. The maximum absolute atomic E-state index is 12.0. The van der Waals surface area contributed by atoms with Gasteiger partial charge in [0.25, 0.3) is 0 Å². The number of piperidine rings is 1. The van der Waals surface area contributed by atoms with E-state index < -0.39 is 18.0 Å². The molecule has 2 aliphatic heterocycles. The zero-order valence-electron chi connectivity index (χ0n) is 11.7. The third-order valence-electron chi connectivity index (χ3n) is 3.88. The number of ether oxygens (including phenoxy) is 1. The molecule has 110 valence electrons. The SMILES string of the molecule is Cc1ccc([C@@H]2CN(C3CCC(=O)NC3=O)C(=O)O2)cc1. The fourth-order valence-corrected chi connectivity index (χ4v) is 2.67. The first-order valence-corrected chi connectivity index (χ1v) is 6.92. The highest BCUT2D eigenvalue weighted by molar-refractivity contribution is 6.01. The monoisotopic (exact) mass is 288 g/mol. The van der Waals surface area contributed by atoms with Crippen LogP contribution in [0.25, 0.3) is 0 Å². The average molecular weight is 288 g/mol. The maximum atomic E-state index is 12.0. The third-order valence-corrected chi connectivity index (χ3v) is 3.88. The second-order valence-electron chi connectivity index (χ2n) is 5.40. The predicted octanol–water partition coefficient (Wildman–Crippen LogP) is 1.29. The van der Waals surface area contributed by atoms with Crippen LogP contribution in [-0.2, 0) is 14.3 Å². The second kappa shape index (κ2) is 5.20. The summed E-state index contributed by atoms with van der Waals surface area (Å²) in [5.41, 5.74) is 2.04. The Balaban J connectivity index is 1.74. The number of benzene rings is 1. The van der Waals surface area contributed by atoms with Crippen LogP contribution in [0.4, 0.5) is 4.79 Å². The molecule has 0 radical (unpaired) electrons. The molecule has 1 aromatic carbocycles. The summed E-state index contributed by atoms with van der Waals surface area (Å²) >= 11 is 0. The number of imide groups is 1. The highest BCUT2D eigenvalue weighted by Crippen LogP contribution is 2.29. The topological polar surface area (TPSA) is 75.7 Å². The molecule has 2 atom stereocenters. The Morgan fingerprint density at radius 3 is 2.57 bits per heavy atom. The minimum atomic E-state index is -0.620. The Labute approximate surface area is 122 Å². The predicted molar refractivity (Wildman–Crippen MR) is 73.3 cm³/mol. The van der Waals surface area contributed by atoms with Crippen LogP contribution in [0.5, 0.6) is 0 Å². The van der Waals surface area contributed by atoms with Gasteiger partial charge in [0.15, 0.2) is 0 Å². The molecule has 3 rings (SSSR count). The van der Waals surface area contributed by atoms with E-state index in [1.54, 1.807) is 0 Å². The molecule has 3 amide bonds. The van der Waals surface area contributed by atoms with E-state index in [4.69, 9.17) is 4.74 Å². The maximum Gasteiger partial charge on any atom is 0.411 e. The molecule has 0 aromatic heterocycles. The summed E-state index contributed by atoms with van der Waals surface area (Å²) in [7, 11) is 0. The molecular formula is C15H16N2O4. The van der Waals surface area contributed by atoms with Crippen LogP contribution >= 0.6 is 0 Å². The number of rotatable bonds is 2. The van der Waals surface area contributed by atoms with Crippen molar-refractivity contribution in [2.24, 2.45) is 0 Å². The van der Waals surface area contributed by atoms with Gasteiger partial charge >= 0.3 is 6.09 Å². The minimum absolute atomic E-state index is 0.245. The average Bonchev–Trinajstić information content (AvgIpc) is 2.81. The number of amides is 3. The summed E-state index contributed by atoms with van der Waals surface area (Å²) < 4.78 is 5.35. The smallest absolute Gasteiger partial charge is 0.411 e. The van der Waals surface area contributed by atoms with Gasteiger partial charge in [-0.05, 0) is 18.9 Å². The van der Waals surface area contributed by atoms with Crippen molar-refractivity contribution in [2.75, 3.05) is 6.54 Å². The van der Waals surface area contributed by atoms with E-state index in [0.717, 1.165) is 11.1 Å². The van der Waals surface area contributed by atoms with Gasteiger partial charge in [-0.2, -0.15) is 0 Å². The van der Waals surface area contributed by atoms with E-state index in [1.807, 2.05) is 31.2 Å². The molecule has 6 heteroatoms. The van der Waals surface area contributed by atoms with Crippen molar-refractivity contribution in [3.8, 4) is 0 Å². The van der Waals surface area contributed by atoms with Crippen molar-refractivity contribution >= 4 is 17.9 Å². The first kappa shape index (κ1) is 13.6. The van der Waals surface area contributed by atoms with Gasteiger partial charge in [0.1, 0.15) is 12.1 Å². The van der Waals surface area contributed by atoms with E-state index in [0.29, 0.717) is 13.0 Å². The van der Waals surface area contributed by atoms with Gasteiger partial charge in [0, 0.05) is 6.42 Å². The summed E-state index contributed by atoms with van der Waals surface area (Å²) in [4.78, 5) is 36.4. The van der Waals surface area contributed by atoms with Crippen molar-refractivity contribution in [1.82, 2.24) is 10.2 Å². The van der Waals surface area contributed by atoms with Crippen molar-refractivity contribution in [2.45, 2.75) is 31.9 Å². The molecule has 0 aliphatic carbocycles. The van der Waals surface area contributed by atoms with Crippen LogP contribution in [0.15, 0.2) is 24.3 Å². The zero-order chi connectivity index (χ0) is 15.0. The van der Waals surface area contributed by atoms with Crippen LogP contribution in [0, 0.1) is 6.92 Å². The van der Waals surface area contributed by atoms with E-state index in [2.05, 4.69) is 5.32 Å². The van der Waals surface area contributed by atoms with Gasteiger partial charge in [-0.3, -0.25) is 19.8 Å². The van der Waals surface area contributed by atoms with Gasteiger partial charge in [-0.25, -0.2) is 4.79 Å². The molecule has 6 nitrogen and oxygen atoms in total. The molecule has 2 aliphatic rings. The molecule has 0 spiro atoms. The van der Waals surface area contributed by atoms with E-state index >= 15 is 0 Å². The molecule has 1 unspecified atom stereocenters. The Bertz CT molecular complexity index is 596. The highest BCUT2D eigenvalue weighted by Gasteiger charge is 2.41. The number of hydrogen-bond donors (Lipinski definition) is 1. The first-order chi connectivity index (χ1) is 10.0. The third kappa shape index (κ3) is 2.61. The van der Waals surface area contributed by atoms with Crippen molar-refractivity contribution in [1.29, 1.82) is 0 Å². The molecule has 1 aromatic rings. The molecular weight excluding hydrogens is 272 g/mol. The Morgan fingerprint density at radius 2 is 1.90 bits per heavy atom. The Kier molecular flexibility index (Phi) is 3.37. The Hall–Kier alpha value is -2.37. The highest BCUT2D eigenvalue weighted by atomic mass is 16.6. The number of nitrogens with one attached hydrogen (secondary N) is 1. The van der Waals surface area contributed by atoms with Gasteiger partial charge in [-0.15, -0.1) is 0 Å². The molecule has 1 N–H and O–H groups in total. The van der Waals surface area contributed by atoms with Crippen LogP contribution < -0.4 is 5.32 Å². The summed E-state index contributed by atoms with van der Waals surface area (Å²) in [6, 6.07) is 7.13. The second-order valence-corrected chi connectivity index (χ2v) is 5.40. The molecule has 0 bridgehead atoms. The lowest BCUT2D eigenvalue weighted by atomic mass is 10.0. The lowest BCUT2D eigenvalue weighted by Crippen LogP contribution is -2.52. The van der Waals surface area contributed by atoms with Crippen LogP contribution in [0.3, 0.4) is 0 Å². The Morgan fingerprint density at radius 1 is 1.19 bits per heavy atom. The largest absolute Gasteiger partial charge is 0.439 e. The van der Waals surface area contributed by atoms with Crippen molar-refractivity contribution < 1.29 is 19.1 Å². The van der Waals surface area contributed by atoms with Gasteiger partial charge in [0.2, 0.25) is 11.8 Å². The zero-order valence-corrected chi connectivity index (χ0v) is 11.7. The minimum Gasteiger partial charge on any atom is -0.439 e. The van der Waals surface area contributed by atoms with Gasteiger partial charge in [-0.1, -0.05) is 29.8 Å². The number of hydrogen-bond acceptors (Lipinski definition) is 4. The molecule has 2 fully saturated rings. The van der Waals surface area contributed by atoms with Crippen LogP contribution in [0.2, 0.25) is 0 Å². The van der Waals surface area contributed by atoms with Gasteiger partial charge in [0.05, 0.1) is 6.54 Å². The summed E-state index contributed by atoms with van der Waals surface area (Å²) in [6.07, 6.45) is -0.283. The normalized spacial score (nSPS) is 25.8. The number of carbonyl (C=O) groups is 3. The van der Waals surface area contributed by atoms with E-state index in [9.17, 15) is 14.4 Å². The fraction of sp³-hybridized carbons (Fsp3) is 0.400. The quantitative estimate of drug-likeness (QED) is 0.832. The van der Waals surface area contributed by atoms with E-state index in [-0.39, 0.29) is 18.4 Å². The molecule has 21 heavy (non-hydrogen) atoms. The van der Waals surface area contributed by atoms with Gasteiger partial charge < -0.3 is 4.74 Å². The number of cyclic esters (lactones) is 1. The standard InChI is InChI=1S/C15H16N2O4/c1-9-2-4-10(5-3-9)12-8-17(15(20)21-12)11-6-7-13(18)16-14(11)19/h2-5,11-12H,6-8H2,1H3,(H,16,18,19)/t11?,12-/m0/s1. The number of carbonyl (C=O) groups excluding carboxylic acids is 3. The fourth-order valence-electron chi connectivity index (χ4n) is 2.67. The lowest BCUT2D eigenvalue weighted by Gasteiger charge is -2.27. The van der Waals surface area contributed by atoms with Crippen molar-refractivity contribution in [3.63, 3.8) is 0 Å². The molecule has 2 saturated heterocycles. The summed E-state index contributed by atoms with van der Waals surface area (Å²) in [6.45, 7) is 2.31. The van der Waals surface area contributed by atoms with Crippen molar-refractivity contribution in [3.05, 3.63) is 35.4 Å². The van der Waals surface area contributed by atoms with Crippen LogP contribution in [-0.4, -0.2) is 35.4 Å². The number of nitrogens with zero attached hydrogens (tertiary/aromatic N) is 1.